The number of anilines is 2. The van der Waals surface area contributed by atoms with E-state index in [0.29, 0.717) is 33.4 Å². The van der Waals surface area contributed by atoms with E-state index >= 15 is 0 Å². The topological polar surface area (TPSA) is 64.8 Å². The van der Waals surface area contributed by atoms with Gasteiger partial charge in [0, 0.05) is 10.6 Å². The van der Waals surface area contributed by atoms with E-state index in [0.717, 1.165) is 11.0 Å². The van der Waals surface area contributed by atoms with Gasteiger partial charge in [-0.3, -0.25) is 10.9 Å². The lowest BCUT2D eigenvalue weighted by molar-refractivity contribution is 0.252. The number of aromatic nitrogens is 2. The van der Waals surface area contributed by atoms with Gasteiger partial charge in [0.15, 0.2) is 5.11 Å². The van der Waals surface area contributed by atoms with Crippen LogP contribution in [0.3, 0.4) is 0 Å². The van der Waals surface area contributed by atoms with Crippen LogP contribution in [0.15, 0.2) is 53.4 Å². The van der Waals surface area contributed by atoms with Crippen LogP contribution in [0.4, 0.5) is 20.4 Å². The quantitative estimate of drug-likeness (QED) is 0.309. The zero-order chi connectivity index (χ0) is 16.9. The third-order valence-corrected chi connectivity index (χ3v) is 3.95. The molecule has 0 saturated heterocycles. The summed E-state index contributed by atoms with van der Waals surface area (Å²) in [5.74, 6) is -1.90. The number of nitrogens with zero attached hydrogens (tertiary/aromatic N) is 1. The zero-order valence-corrected chi connectivity index (χ0v) is 13.8. The molecule has 3 aromatic rings. The second-order valence-electron chi connectivity index (χ2n) is 4.71. The van der Waals surface area contributed by atoms with E-state index in [1.807, 2.05) is 24.3 Å². The number of para-hydroxylation sites is 2. The zero-order valence-electron chi connectivity index (χ0n) is 12.2. The molecule has 5 nitrogen and oxygen atoms in total. The molecule has 1 aromatic heterocycles. The van der Waals surface area contributed by atoms with Crippen LogP contribution in [-0.4, -0.2) is 20.8 Å². The lowest BCUT2D eigenvalue weighted by Gasteiger charge is -2.11. The monoisotopic (exact) mass is 365 g/mol. The second kappa shape index (κ2) is 7.45. The standard InChI is InChI=1S/C15H13F2N5S2/c16-13(17)24-10-7-5-9(6-8-10)18-15(23)22-21-14-19-11-3-1-2-4-12(11)20-14/h1-8,13H,(H2,18,22,23)(H2,19,20,21). The highest BCUT2D eigenvalue weighted by Gasteiger charge is 2.05. The van der Waals surface area contributed by atoms with Gasteiger partial charge in [-0.05, 0) is 48.6 Å². The first kappa shape index (κ1) is 16.5. The third-order valence-electron chi connectivity index (χ3n) is 3.02. The number of halogens is 2. The van der Waals surface area contributed by atoms with Gasteiger partial charge in [-0.15, -0.1) is 0 Å². The minimum absolute atomic E-state index is 0.324. The van der Waals surface area contributed by atoms with Crippen LogP contribution in [0.5, 0.6) is 0 Å². The molecular weight excluding hydrogens is 352 g/mol. The number of fused-ring (bicyclic) bond motifs is 1. The van der Waals surface area contributed by atoms with Crippen LogP contribution in [0.1, 0.15) is 0 Å². The number of imidazole rings is 1. The molecule has 4 N–H and O–H groups in total. The Morgan fingerprint density at radius 2 is 1.88 bits per heavy atom. The van der Waals surface area contributed by atoms with Crippen molar-refractivity contribution in [3.8, 4) is 0 Å². The number of hydrazine groups is 1. The van der Waals surface area contributed by atoms with E-state index < -0.39 is 5.76 Å². The Morgan fingerprint density at radius 3 is 2.58 bits per heavy atom. The largest absolute Gasteiger partial charge is 0.331 e. The van der Waals surface area contributed by atoms with Gasteiger partial charge in [0.05, 0.1) is 11.0 Å². The highest BCUT2D eigenvalue weighted by Crippen LogP contribution is 2.26. The molecule has 0 aliphatic rings. The van der Waals surface area contributed by atoms with Crippen molar-refractivity contribution in [2.24, 2.45) is 0 Å². The fraction of sp³-hybridized carbons (Fsp3) is 0.0667. The Labute approximate surface area is 146 Å². The van der Waals surface area contributed by atoms with E-state index in [1.165, 1.54) is 0 Å². The number of rotatable bonds is 5. The maximum Gasteiger partial charge on any atom is 0.288 e. The fourth-order valence-corrected chi connectivity index (χ4v) is 2.68. The van der Waals surface area contributed by atoms with E-state index in [2.05, 4.69) is 26.1 Å². The van der Waals surface area contributed by atoms with Crippen molar-refractivity contribution in [2.45, 2.75) is 10.7 Å². The molecule has 0 atom stereocenters. The summed E-state index contributed by atoms with van der Waals surface area (Å²) in [7, 11) is 0. The molecule has 1 heterocycles. The lowest BCUT2D eigenvalue weighted by Crippen LogP contribution is -2.33. The maximum atomic E-state index is 12.3. The van der Waals surface area contributed by atoms with Gasteiger partial charge < -0.3 is 10.3 Å². The number of alkyl halides is 2. The van der Waals surface area contributed by atoms with E-state index in [4.69, 9.17) is 12.2 Å². The molecule has 0 bridgehead atoms. The molecule has 0 aliphatic heterocycles. The Balaban J connectivity index is 1.53. The van der Waals surface area contributed by atoms with Crippen LogP contribution in [0, 0.1) is 0 Å². The molecule has 0 fully saturated rings. The molecule has 124 valence electrons. The van der Waals surface area contributed by atoms with Crippen molar-refractivity contribution in [2.75, 3.05) is 10.7 Å². The molecule has 0 aliphatic carbocycles. The first-order chi connectivity index (χ1) is 11.6. The number of benzene rings is 2. The minimum atomic E-state index is -2.43. The van der Waals surface area contributed by atoms with Crippen molar-refractivity contribution in [1.82, 2.24) is 15.4 Å². The summed E-state index contributed by atoms with van der Waals surface area (Å²) in [6.07, 6.45) is 0. The Hall–Kier alpha value is -2.39. The van der Waals surface area contributed by atoms with Crippen molar-refractivity contribution < 1.29 is 8.78 Å². The van der Waals surface area contributed by atoms with E-state index in [-0.39, 0.29) is 0 Å². The average Bonchev–Trinajstić information content (AvgIpc) is 2.97. The number of hydrogen-bond donors (Lipinski definition) is 4. The average molecular weight is 365 g/mol. The summed E-state index contributed by atoms with van der Waals surface area (Å²) in [5.41, 5.74) is 8.12. The van der Waals surface area contributed by atoms with E-state index in [9.17, 15) is 8.78 Å². The van der Waals surface area contributed by atoms with Gasteiger partial charge >= 0.3 is 0 Å². The molecule has 2 aromatic carbocycles. The van der Waals surface area contributed by atoms with Gasteiger partial charge in [0.2, 0.25) is 5.95 Å². The smallest absolute Gasteiger partial charge is 0.288 e. The second-order valence-corrected chi connectivity index (χ2v) is 6.18. The van der Waals surface area contributed by atoms with Crippen molar-refractivity contribution in [1.29, 1.82) is 0 Å². The van der Waals surface area contributed by atoms with Gasteiger partial charge in [0.1, 0.15) is 0 Å². The predicted molar refractivity (Wildman–Crippen MR) is 97.4 cm³/mol. The summed E-state index contributed by atoms with van der Waals surface area (Å²) in [5, 5.41) is 3.27. The predicted octanol–water partition coefficient (Wildman–Crippen LogP) is 4.19. The number of thiocarbonyl (C=S) groups is 1. The van der Waals surface area contributed by atoms with Gasteiger partial charge in [-0.2, -0.15) is 8.78 Å². The molecule has 0 saturated carbocycles. The van der Waals surface area contributed by atoms with Crippen LogP contribution in [0.25, 0.3) is 11.0 Å². The Morgan fingerprint density at radius 1 is 1.12 bits per heavy atom. The summed E-state index contributed by atoms with van der Waals surface area (Å²) >= 11 is 5.67. The highest BCUT2D eigenvalue weighted by atomic mass is 32.2. The van der Waals surface area contributed by atoms with Crippen molar-refractivity contribution >= 4 is 51.8 Å². The van der Waals surface area contributed by atoms with E-state index in [1.54, 1.807) is 24.3 Å². The van der Waals surface area contributed by atoms with Crippen molar-refractivity contribution in [3.05, 3.63) is 48.5 Å². The highest BCUT2D eigenvalue weighted by molar-refractivity contribution is 7.99. The Bertz CT molecular complexity index is 802. The summed E-state index contributed by atoms with van der Waals surface area (Å²) < 4.78 is 24.5. The Kier molecular flexibility index (Phi) is 5.11. The third kappa shape index (κ3) is 4.33. The maximum absolute atomic E-state index is 12.3. The SMILES string of the molecule is FC(F)Sc1ccc(NC(=S)NNc2nc3ccccc3[nH]2)cc1. The summed E-state index contributed by atoms with van der Waals surface area (Å²) in [4.78, 5) is 7.93. The van der Waals surface area contributed by atoms with Crippen LogP contribution < -0.4 is 16.2 Å². The number of hydrogen-bond acceptors (Lipinski definition) is 4. The molecule has 24 heavy (non-hydrogen) atoms. The van der Waals surface area contributed by atoms with Gasteiger partial charge in [-0.25, -0.2) is 4.98 Å². The number of nitrogens with one attached hydrogen (secondary N) is 4. The molecule has 0 radical (unpaired) electrons. The number of H-pyrrole nitrogens is 1. The molecular formula is C15H13F2N5S2. The summed E-state index contributed by atoms with van der Waals surface area (Å²) in [6, 6.07) is 14.2. The fourth-order valence-electron chi connectivity index (χ4n) is 2.01. The number of aromatic amines is 1. The van der Waals surface area contributed by atoms with Gasteiger partial charge in [-0.1, -0.05) is 23.9 Å². The van der Waals surface area contributed by atoms with Crippen molar-refractivity contribution in [3.63, 3.8) is 0 Å². The molecule has 3 rings (SSSR count). The molecule has 0 spiro atoms. The molecule has 0 amide bonds. The van der Waals surface area contributed by atoms with Crippen LogP contribution in [0.2, 0.25) is 0 Å². The molecule has 0 unspecified atom stereocenters. The number of thioether (sulfide) groups is 1. The minimum Gasteiger partial charge on any atom is -0.331 e. The normalized spacial score (nSPS) is 10.8. The first-order valence-corrected chi connectivity index (χ1v) is 8.21. The first-order valence-electron chi connectivity index (χ1n) is 6.93. The molecule has 9 heteroatoms. The van der Waals surface area contributed by atoms with Gasteiger partial charge in [0.25, 0.3) is 5.76 Å². The lowest BCUT2D eigenvalue weighted by atomic mass is 10.3. The van der Waals surface area contributed by atoms with Crippen LogP contribution >= 0.6 is 24.0 Å². The van der Waals surface area contributed by atoms with Crippen LogP contribution in [-0.2, 0) is 0 Å². The summed E-state index contributed by atoms with van der Waals surface area (Å²) in [6.45, 7) is 0.